The molecule has 2 atom stereocenters. The van der Waals surface area contributed by atoms with Gasteiger partial charge in [0.05, 0.1) is 11.6 Å². The van der Waals surface area contributed by atoms with Crippen LogP contribution in [0.25, 0.3) is 0 Å². The fourth-order valence-corrected chi connectivity index (χ4v) is 0.378. The third-order valence-corrected chi connectivity index (χ3v) is 1.54. The van der Waals surface area contributed by atoms with Crippen molar-refractivity contribution in [3.63, 3.8) is 0 Å². The van der Waals surface area contributed by atoms with Crippen LogP contribution in [0.5, 0.6) is 0 Å². The molecule has 66 valence electrons. The number of hydrogen-bond donors (Lipinski definition) is 2. The van der Waals surface area contributed by atoms with Gasteiger partial charge in [-0.2, -0.15) is 0 Å². The number of aliphatic hydroxyl groups excluding tert-OH is 1. The first-order chi connectivity index (χ1) is 4.86. The van der Waals surface area contributed by atoms with E-state index in [1.165, 1.54) is 6.92 Å². The molecule has 0 aliphatic rings. The Labute approximate surface area is 66.3 Å². The lowest BCUT2D eigenvalue weighted by Gasteiger charge is -2.26. The van der Waals surface area contributed by atoms with Crippen LogP contribution in [0.2, 0.25) is 0 Å². The molecule has 0 aliphatic heterocycles. The fraction of sp³-hybridized carbons (Fsp3) is 0.857. The summed E-state index contributed by atoms with van der Waals surface area (Å²) < 4.78 is 4.64. The maximum Gasteiger partial charge on any atom is 0.302 e. The van der Waals surface area contributed by atoms with Gasteiger partial charge in [-0.1, -0.05) is 0 Å². The minimum absolute atomic E-state index is 0.0417. The van der Waals surface area contributed by atoms with E-state index in [1.807, 2.05) is 0 Å². The number of rotatable bonds is 3. The summed E-state index contributed by atoms with van der Waals surface area (Å²) in [4.78, 5) is 10.4. The van der Waals surface area contributed by atoms with Gasteiger partial charge in [0, 0.05) is 6.92 Å². The van der Waals surface area contributed by atoms with Crippen LogP contribution in [0.1, 0.15) is 20.8 Å². The first kappa shape index (κ1) is 10.4. The van der Waals surface area contributed by atoms with E-state index in [0.29, 0.717) is 0 Å². The lowest BCUT2D eigenvalue weighted by Crippen LogP contribution is -2.50. The first-order valence-corrected chi connectivity index (χ1v) is 3.46. The Kier molecular flexibility index (Phi) is 3.48. The molecular weight excluding hydrogens is 146 g/mol. The third kappa shape index (κ3) is 3.95. The second-order valence-corrected chi connectivity index (χ2v) is 2.96. The van der Waals surface area contributed by atoms with E-state index in [-0.39, 0.29) is 12.6 Å². The van der Waals surface area contributed by atoms with Gasteiger partial charge >= 0.3 is 5.97 Å². The second kappa shape index (κ2) is 3.69. The fourth-order valence-electron chi connectivity index (χ4n) is 0.378. The minimum Gasteiger partial charge on any atom is -0.464 e. The van der Waals surface area contributed by atoms with Crippen LogP contribution in [0.3, 0.4) is 0 Å². The lowest BCUT2D eigenvalue weighted by atomic mass is 9.99. The van der Waals surface area contributed by atoms with Gasteiger partial charge in [-0.15, -0.1) is 0 Å². The third-order valence-electron chi connectivity index (χ3n) is 1.54. The zero-order valence-electron chi connectivity index (χ0n) is 7.13. The molecule has 1 unspecified atom stereocenters. The van der Waals surface area contributed by atoms with Crippen LogP contribution in [0.4, 0.5) is 0 Å². The zero-order valence-corrected chi connectivity index (χ0v) is 7.13. The number of nitrogens with two attached hydrogens (primary N) is 1. The van der Waals surface area contributed by atoms with Crippen molar-refractivity contribution in [2.75, 3.05) is 6.61 Å². The molecule has 0 bridgehead atoms. The molecule has 4 nitrogen and oxygen atoms in total. The number of carbonyl (C=O) groups is 1. The molecule has 0 heterocycles. The molecule has 0 aromatic rings. The highest BCUT2D eigenvalue weighted by atomic mass is 16.5. The van der Waals surface area contributed by atoms with E-state index in [0.717, 1.165) is 0 Å². The summed E-state index contributed by atoms with van der Waals surface area (Å²) in [6, 6.07) is 0. The standard InChI is InChI=1S/C7H15NO3/c1-5(9)7(3,8)4-11-6(2)10/h5,9H,4,8H2,1-3H3/t5-,7?/m0/s1. The Morgan fingerprint density at radius 2 is 2.27 bits per heavy atom. The van der Waals surface area contributed by atoms with Crippen LogP contribution in [-0.2, 0) is 9.53 Å². The maximum atomic E-state index is 10.4. The van der Waals surface area contributed by atoms with Gasteiger partial charge in [-0.3, -0.25) is 4.79 Å². The molecule has 0 spiro atoms. The van der Waals surface area contributed by atoms with Gasteiger partial charge in [-0.25, -0.2) is 0 Å². The van der Waals surface area contributed by atoms with Crippen molar-refractivity contribution < 1.29 is 14.6 Å². The molecule has 0 aliphatic carbocycles. The van der Waals surface area contributed by atoms with Crippen LogP contribution < -0.4 is 5.73 Å². The molecule has 0 aromatic heterocycles. The average Bonchev–Trinajstić information content (AvgIpc) is 1.84. The molecule has 0 fully saturated rings. The highest BCUT2D eigenvalue weighted by molar-refractivity contribution is 5.65. The minimum atomic E-state index is -0.855. The highest BCUT2D eigenvalue weighted by Gasteiger charge is 2.25. The van der Waals surface area contributed by atoms with Crippen LogP contribution in [-0.4, -0.2) is 29.3 Å². The number of hydrogen-bond acceptors (Lipinski definition) is 4. The Balaban J connectivity index is 3.82. The summed E-state index contributed by atoms with van der Waals surface area (Å²) in [5.41, 5.74) is 4.73. The quantitative estimate of drug-likeness (QED) is 0.555. The van der Waals surface area contributed by atoms with Gasteiger partial charge in [0.2, 0.25) is 0 Å². The van der Waals surface area contributed by atoms with Gasteiger partial charge < -0.3 is 15.6 Å². The van der Waals surface area contributed by atoms with Crippen molar-refractivity contribution in [1.82, 2.24) is 0 Å². The van der Waals surface area contributed by atoms with E-state index in [4.69, 9.17) is 10.8 Å². The van der Waals surface area contributed by atoms with E-state index in [2.05, 4.69) is 4.74 Å². The van der Waals surface area contributed by atoms with Crippen molar-refractivity contribution in [2.45, 2.75) is 32.4 Å². The molecule has 4 heteroatoms. The first-order valence-electron chi connectivity index (χ1n) is 3.46. The van der Waals surface area contributed by atoms with Crippen molar-refractivity contribution >= 4 is 5.97 Å². The van der Waals surface area contributed by atoms with Crippen LogP contribution in [0, 0.1) is 0 Å². The van der Waals surface area contributed by atoms with Gasteiger partial charge in [-0.05, 0) is 13.8 Å². The topological polar surface area (TPSA) is 72.5 Å². The zero-order chi connectivity index (χ0) is 9.07. The van der Waals surface area contributed by atoms with E-state index < -0.39 is 11.6 Å². The molecule has 0 saturated carbocycles. The van der Waals surface area contributed by atoms with Gasteiger partial charge in [0.25, 0.3) is 0 Å². The summed E-state index contributed by atoms with van der Waals surface area (Å²) in [6.07, 6.45) is -0.693. The summed E-state index contributed by atoms with van der Waals surface area (Å²) in [5, 5.41) is 9.08. The molecule has 0 aromatic carbocycles. The second-order valence-electron chi connectivity index (χ2n) is 2.96. The Morgan fingerprint density at radius 3 is 2.55 bits per heavy atom. The summed E-state index contributed by atoms with van der Waals surface area (Å²) in [7, 11) is 0. The van der Waals surface area contributed by atoms with Gasteiger partial charge in [0.1, 0.15) is 6.61 Å². The molecule has 0 rings (SSSR count). The largest absolute Gasteiger partial charge is 0.464 e. The number of aliphatic hydroxyl groups is 1. The predicted octanol–water partition coefficient (Wildman–Crippen LogP) is -0.352. The average molecular weight is 161 g/mol. The summed E-state index contributed by atoms with van der Waals surface area (Å²) in [6.45, 7) is 4.53. The van der Waals surface area contributed by atoms with Crippen molar-refractivity contribution in [2.24, 2.45) is 5.73 Å². The summed E-state index contributed by atoms with van der Waals surface area (Å²) in [5.74, 6) is -0.387. The molecule has 0 radical (unpaired) electrons. The van der Waals surface area contributed by atoms with Crippen molar-refractivity contribution in [1.29, 1.82) is 0 Å². The Morgan fingerprint density at radius 1 is 1.82 bits per heavy atom. The van der Waals surface area contributed by atoms with E-state index in [1.54, 1.807) is 13.8 Å². The predicted molar refractivity (Wildman–Crippen MR) is 40.9 cm³/mol. The van der Waals surface area contributed by atoms with E-state index >= 15 is 0 Å². The van der Waals surface area contributed by atoms with Crippen LogP contribution >= 0.6 is 0 Å². The Hall–Kier alpha value is -0.610. The van der Waals surface area contributed by atoms with E-state index in [9.17, 15) is 4.79 Å². The molecule has 0 saturated heterocycles. The van der Waals surface area contributed by atoms with Crippen molar-refractivity contribution in [3.8, 4) is 0 Å². The number of ether oxygens (including phenoxy) is 1. The lowest BCUT2D eigenvalue weighted by molar-refractivity contribution is -0.143. The summed E-state index contributed by atoms with van der Waals surface area (Å²) >= 11 is 0. The Bertz CT molecular complexity index is 143. The molecular formula is C7H15NO3. The maximum absolute atomic E-state index is 10.4. The van der Waals surface area contributed by atoms with Gasteiger partial charge in [0.15, 0.2) is 0 Å². The smallest absolute Gasteiger partial charge is 0.302 e. The molecule has 3 N–H and O–H groups in total. The normalized spacial score (nSPS) is 18.6. The molecule has 11 heavy (non-hydrogen) atoms. The SMILES string of the molecule is CC(=O)OCC(C)(N)[C@H](C)O. The van der Waals surface area contributed by atoms with Crippen LogP contribution in [0.15, 0.2) is 0 Å². The molecule has 0 amide bonds. The monoisotopic (exact) mass is 161 g/mol. The highest BCUT2D eigenvalue weighted by Crippen LogP contribution is 2.05. The number of carbonyl (C=O) groups excluding carboxylic acids is 1. The van der Waals surface area contributed by atoms with Crippen molar-refractivity contribution in [3.05, 3.63) is 0 Å². The number of esters is 1.